The van der Waals surface area contributed by atoms with Gasteiger partial charge in [0.05, 0.1) is 6.54 Å². The third-order valence-corrected chi connectivity index (χ3v) is 5.10. The van der Waals surface area contributed by atoms with Gasteiger partial charge in [-0.3, -0.25) is 0 Å². The number of aliphatic imine (C=N–C) groups is 1. The van der Waals surface area contributed by atoms with Crippen molar-refractivity contribution in [1.29, 1.82) is 0 Å². The quantitative estimate of drug-likeness (QED) is 0.340. The molecule has 142 valence electrons. The number of hydrogen-bond donors (Lipinski definition) is 1. The van der Waals surface area contributed by atoms with Gasteiger partial charge in [-0.05, 0) is 12.1 Å². The maximum Gasteiger partial charge on any atom is 0.226 e. The number of rotatable bonds is 4. The molecule has 0 radical (unpaired) electrons. The maximum absolute atomic E-state index is 6.16. The molecule has 7 nitrogen and oxygen atoms in total. The zero-order valence-electron chi connectivity index (χ0n) is 14.7. The highest BCUT2D eigenvalue weighted by molar-refractivity contribution is 14.0. The molecule has 27 heavy (non-hydrogen) atoms. The Morgan fingerprint density at radius 2 is 1.96 bits per heavy atom. The lowest BCUT2D eigenvalue weighted by atomic mass is 10.2. The molecule has 0 amide bonds. The van der Waals surface area contributed by atoms with Gasteiger partial charge >= 0.3 is 0 Å². The Hall–Kier alpha value is -2.14. The van der Waals surface area contributed by atoms with Crippen molar-refractivity contribution >= 4 is 46.4 Å². The number of oxazole rings is 1. The van der Waals surface area contributed by atoms with E-state index in [1.165, 1.54) is 0 Å². The summed E-state index contributed by atoms with van der Waals surface area (Å²) in [5.41, 5.74) is 7.89. The molecule has 1 saturated heterocycles. The predicted molar refractivity (Wildman–Crippen MR) is 119 cm³/mol. The average Bonchev–Trinajstić information content (AvgIpc) is 3.39. The standard InChI is InChI=1S/C18H20N6OS.HI/c19-17(23-7-9-24(10-8-23)18-20-6-11-26-18)21-12-15-13-25-16(22-15)14-4-2-1-3-5-14;/h1-6,11,13H,7-10,12H2,(H2,19,21);1H. The van der Waals surface area contributed by atoms with Crippen LogP contribution in [-0.4, -0.2) is 47.0 Å². The molecule has 0 atom stereocenters. The summed E-state index contributed by atoms with van der Waals surface area (Å²) in [6.07, 6.45) is 3.48. The smallest absolute Gasteiger partial charge is 0.226 e. The fourth-order valence-electron chi connectivity index (χ4n) is 2.85. The van der Waals surface area contributed by atoms with Gasteiger partial charge in [-0.2, -0.15) is 0 Å². The van der Waals surface area contributed by atoms with Crippen LogP contribution in [0, 0.1) is 0 Å². The van der Waals surface area contributed by atoms with E-state index < -0.39 is 0 Å². The molecule has 1 aliphatic heterocycles. The van der Waals surface area contributed by atoms with Crippen LogP contribution in [0.25, 0.3) is 11.5 Å². The zero-order valence-corrected chi connectivity index (χ0v) is 17.8. The van der Waals surface area contributed by atoms with Crippen LogP contribution in [0.3, 0.4) is 0 Å². The van der Waals surface area contributed by atoms with E-state index in [2.05, 4.69) is 24.8 Å². The Morgan fingerprint density at radius 3 is 2.67 bits per heavy atom. The molecule has 1 fully saturated rings. The number of anilines is 1. The lowest BCUT2D eigenvalue weighted by molar-refractivity contribution is 0.380. The molecule has 0 saturated carbocycles. The van der Waals surface area contributed by atoms with Gasteiger partial charge in [0.1, 0.15) is 12.0 Å². The highest BCUT2D eigenvalue weighted by Gasteiger charge is 2.19. The molecule has 4 rings (SSSR count). The highest BCUT2D eigenvalue weighted by atomic mass is 127. The number of thiazole rings is 1. The van der Waals surface area contributed by atoms with E-state index in [0.29, 0.717) is 18.4 Å². The van der Waals surface area contributed by atoms with Crippen molar-refractivity contribution in [2.45, 2.75) is 6.54 Å². The first kappa shape index (κ1) is 19.6. The fraction of sp³-hybridized carbons (Fsp3) is 0.278. The van der Waals surface area contributed by atoms with Crippen LogP contribution in [0.2, 0.25) is 0 Å². The molecule has 2 aromatic heterocycles. The number of nitrogens with two attached hydrogens (primary N) is 1. The van der Waals surface area contributed by atoms with Gasteiger partial charge in [0.2, 0.25) is 5.89 Å². The number of benzene rings is 1. The number of hydrogen-bond acceptors (Lipinski definition) is 6. The van der Waals surface area contributed by atoms with E-state index in [9.17, 15) is 0 Å². The van der Waals surface area contributed by atoms with Crippen LogP contribution in [0.5, 0.6) is 0 Å². The second-order valence-corrected chi connectivity index (χ2v) is 6.85. The first-order valence-electron chi connectivity index (χ1n) is 8.49. The third-order valence-electron chi connectivity index (χ3n) is 4.27. The minimum Gasteiger partial charge on any atom is -0.444 e. The van der Waals surface area contributed by atoms with E-state index in [4.69, 9.17) is 10.2 Å². The van der Waals surface area contributed by atoms with Crippen LogP contribution in [0.4, 0.5) is 5.13 Å². The zero-order chi connectivity index (χ0) is 17.8. The molecular formula is C18H21IN6OS. The van der Waals surface area contributed by atoms with Crippen molar-refractivity contribution in [2.24, 2.45) is 10.7 Å². The van der Waals surface area contributed by atoms with Gasteiger partial charge in [0, 0.05) is 43.3 Å². The number of guanidine groups is 1. The van der Waals surface area contributed by atoms with Crippen LogP contribution in [0.1, 0.15) is 5.69 Å². The normalized spacial score (nSPS) is 14.9. The highest BCUT2D eigenvalue weighted by Crippen LogP contribution is 2.19. The molecule has 3 aromatic rings. The van der Waals surface area contributed by atoms with Gasteiger partial charge in [0.15, 0.2) is 11.1 Å². The molecular weight excluding hydrogens is 475 g/mol. The van der Waals surface area contributed by atoms with Crippen LogP contribution in [0.15, 0.2) is 57.6 Å². The molecule has 9 heteroatoms. The first-order chi connectivity index (χ1) is 12.8. The number of aromatic nitrogens is 2. The van der Waals surface area contributed by atoms with Gasteiger partial charge in [-0.15, -0.1) is 35.3 Å². The molecule has 1 aromatic carbocycles. The molecule has 2 N–H and O–H groups in total. The van der Waals surface area contributed by atoms with Crippen molar-refractivity contribution in [3.05, 3.63) is 53.9 Å². The predicted octanol–water partition coefficient (Wildman–Crippen LogP) is 3.05. The summed E-state index contributed by atoms with van der Waals surface area (Å²) < 4.78 is 5.54. The minimum absolute atomic E-state index is 0. The van der Waals surface area contributed by atoms with Gasteiger partial charge in [0.25, 0.3) is 0 Å². The Bertz CT molecular complexity index is 859. The van der Waals surface area contributed by atoms with Crippen molar-refractivity contribution < 1.29 is 4.42 Å². The second kappa shape index (κ2) is 9.18. The topological polar surface area (TPSA) is 83.8 Å². The number of piperazine rings is 1. The average molecular weight is 496 g/mol. The van der Waals surface area contributed by atoms with Gasteiger partial charge in [-0.25, -0.2) is 15.0 Å². The molecule has 1 aliphatic rings. The summed E-state index contributed by atoms with van der Waals surface area (Å²) in [5.74, 6) is 1.15. The van der Waals surface area contributed by atoms with Crippen LogP contribution in [-0.2, 0) is 6.54 Å². The first-order valence-corrected chi connectivity index (χ1v) is 9.37. The van der Waals surface area contributed by atoms with E-state index in [1.54, 1.807) is 17.6 Å². The minimum atomic E-state index is 0. The summed E-state index contributed by atoms with van der Waals surface area (Å²) in [4.78, 5) is 17.7. The molecule has 0 unspecified atom stereocenters. The summed E-state index contributed by atoms with van der Waals surface area (Å²) in [5, 5.41) is 3.07. The maximum atomic E-state index is 6.16. The summed E-state index contributed by atoms with van der Waals surface area (Å²) >= 11 is 1.66. The lowest BCUT2D eigenvalue weighted by Gasteiger charge is -2.35. The van der Waals surface area contributed by atoms with E-state index in [0.717, 1.165) is 42.6 Å². The van der Waals surface area contributed by atoms with E-state index >= 15 is 0 Å². The second-order valence-electron chi connectivity index (χ2n) is 5.97. The number of halogens is 1. The molecule has 3 heterocycles. The largest absolute Gasteiger partial charge is 0.444 e. The van der Waals surface area contributed by atoms with Crippen LogP contribution < -0.4 is 10.6 Å². The Labute approximate surface area is 179 Å². The summed E-state index contributed by atoms with van der Waals surface area (Å²) in [7, 11) is 0. The SMILES string of the molecule is I.NC(=NCc1coc(-c2ccccc2)n1)N1CCN(c2nccs2)CC1. The molecule has 0 spiro atoms. The molecule has 0 bridgehead atoms. The van der Waals surface area contributed by atoms with Gasteiger partial charge < -0.3 is 20.0 Å². The van der Waals surface area contributed by atoms with Crippen molar-refractivity contribution in [1.82, 2.24) is 14.9 Å². The third kappa shape index (κ3) is 4.78. The van der Waals surface area contributed by atoms with E-state index in [1.807, 2.05) is 41.9 Å². The Balaban J connectivity index is 0.00000210. The van der Waals surface area contributed by atoms with Crippen molar-refractivity contribution in [3.63, 3.8) is 0 Å². The number of nitrogens with zero attached hydrogens (tertiary/aromatic N) is 5. The Kier molecular flexibility index (Phi) is 6.67. The summed E-state index contributed by atoms with van der Waals surface area (Å²) in [6, 6.07) is 9.82. The Morgan fingerprint density at radius 1 is 1.19 bits per heavy atom. The van der Waals surface area contributed by atoms with E-state index in [-0.39, 0.29) is 24.0 Å². The van der Waals surface area contributed by atoms with Crippen LogP contribution >= 0.6 is 35.3 Å². The fourth-order valence-corrected chi connectivity index (χ4v) is 3.55. The lowest BCUT2D eigenvalue weighted by Crippen LogP contribution is -2.51. The van der Waals surface area contributed by atoms with Crippen molar-refractivity contribution in [2.75, 3.05) is 31.1 Å². The summed E-state index contributed by atoms with van der Waals surface area (Å²) in [6.45, 7) is 3.87. The molecule has 0 aliphatic carbocycles. The van der Waals surface area contributed by atoms with Crippen molar-refractivity contribution in [3.8, 4) is 11.5 Å². The van der Waals surface area contributed by atoms with Gasteiger partial charge in [-0.1, -0.05) is 18.2 Å². The monoisotopic (exact) mass is 496 g/mol.